The highest BCUT2D eigenvalue weighted by Gasteiger charge is 2.36. The molecular weight excluding hydrogens is 679 g/mol. The lowest BCUT2D eigenvalue weighted by atomic mass is 9.82. The van der Waals surface area contributed by atoms with E-state index in [0.717, 1.165) is 33.4 Å². The zero-order valence-electron chi connectivity index (χ0n) is 36.1. The lowest BCUT2D eigenvalue weighted by molar-refractivity contribution is 0.661. The topological polar surface area (TPSA) is 43.9 Å². The predicted molar refractivity (Wildman–Crippen MR) is 225 cm³/mol. The molecule has 0 unspecified atom stereocenters. The first-order valence-corrected chi connectivity index (χ1v) is 18.6. The van der Waals surface area contributed by atoms with Gasteiger partial charge in [-0.1, -0.05) is 111 Å². The third-order valence-corrected chi connectivity index (χ3v) is 12.4. The highest BCUT2D eigenvalue weighted by molar-refractivity contribution is 7.26. The molecule has 4 aromatic heterocycles. The number of hydrogen-bond acceptors (Lipinski definition) is 4. The molecule has 1 aliphatic rings. The maximum Gasteiger partial charge on any atom is 0.180 e. The second-order valence-electron chi connectivity index (χ2n) is 14.5. The first-order valence-electron chi connectivity index (χ1n) is 21.3. The largest absolute Gasteiger partial charge is 0.452 e. The van der Waals surface area contributed by atoms with Crippen molar-refractivity contribution >= 4 is 75.4 Å². The Bertz CT molecular complexity index is 3790. The molecule has 0 radical (unpaired) electrons. The van der Waals surface area contributed by atoms with Crippen LogP contribution in [0.2, 0.25) is 0 Å². The molecule has 254 valence electrons. The van der Waals surface area contributed by atoms with Gasteiger partial charge in [-0.3, -0.25) is 0 Å². The molecule has 0 saturated heterocycles. The number of nitrogens with zero attached hydrogens (tertiary/aromatic N) is 3. The molecule has 7 aromatic carbocycles. The lowest BCUT2D eigenvalue weighted by Crippen LogP contribution is -2.14. The fourth-order valence-electron chi connectivity index (χ4n) is 8.70. The Morgan fingerprint density at radius 2 is 1.48 bits per heavy atom. The van der Waals surface area contributed by atoms with Crippen LogP contribution in [0.25, 0.3) is 103 Å². The minimum absolute atomic E-state index is 0.160. The summed E-state index contributed by atoms with van der Waals surface area (Å²) >= 11 is 1.11. The van der Waals surface area contributed by atoms with Gasteiger partial charge in [0.2, 0.25) is 0 Å². The Morgan fingerprint density at radius 3 is 2.44 bits per heavy atom. The summed E-state index contributed by atoms with van der Waals surface area (Å²) in [6.07, 6.45) is 1.52. The molecule has 0 fully saturated rings. The monoisotopic (exact) mass is 716 g/mol. The summed E-state index contributed by atoms with van der Waals surface area (Å²) in [7, 11) is 0. The van der Waals surface area contributed by atoms with E-state index < -0.39 is 6.04 Å². The van der Waals surface area contributed by atoms with Gasteiger partial charge in [-0.15, -0.1) is 11.3 Å². The maximum atomic E-state index is 9.05. The number of thiophene rings is 1. The Balaban J connectivity index is 1.03. The zero-order valence-corrected chi connectivity index (χ0v) is 29.9. The van der Waals surface area contributed by atoms with Crippen molar-refractivity contribution in [3.05, 3.63) is 163 Å². The summed E-state index contributed by atoms with van der Waals surface area (Å²) in [4.78, 5) is 9.46. The van der Waals surface area contributed by atoms with Crippen LogP contribution in [0.1, 0.15) is 34.6 Å². The molecule has 0 bridgehead atoms. The highest BCUT2D eigenvalue weighted by Crippen LogP contribution is 2.51. The number of rotatable bonds is 3. The summed E-state index contributed by atoms with van der Waals surface area (Å²) < 4.78 is 70.1. The van der Waals surface area contributed by atoms with E-state index in [4.69, 9.17) is 24.0 Å². The molecule has 0 amide bonds. The van der Waals surface area contributed by atoms with Crippen molar-refractivity contribution in [1.29, 1.82) is 0 Å². The van der Waals surface area contributed by atoms with Gasteiger partial charge < -0.3 is 8.98 Å². The summed E-state index contributed by atoms with van der Waals surface area (Å²) in [5, 5.41) is 3.63. The number of hydrogen-bond donors (Lipinski definition) is 0. The van der Waals surface area contributed by atoms with E-state index in [2.05, 4.69) is 91.2 Å². The zero-order chi connectivity index (χ0) is 41.8. The van der Waals surface area contributed by atoms with Gasteiger partial charge in [-0.2, -0.15) is 0 Å². The first-order chi connectivity index (χ1) is 29.4. The van der Waals surface area contributed by atoms with Crippen LogP contribution in [0, 0.1) is 0 Å². The van der Waals surface area contributed by atoms with Crippen molar-refractivity contribution in [1.82, 2.24) is 14.5 Å². The Labute approximate surface area is 324 Å². The second-order valence-corrected chi connectivity index (χ2v) is 15.5. The van der Waals surface area contributed by atoms with E-state index in [1.165, 1.54) is 39.4 Å². The smallest absolute Gasteiger partial charge is 0.180 e. The van der Waals surface area contributed by atoms with Gasteiger partial charge in [0.1, 0.15) is 23.1 Å². The van der Waals surface area contributed by atoms with Gasteiger partial charge >= 0.3 is 0 Å². The molecule has 0 aliphatic heterocycles. The Hall–Kier alpha value is -6.56. The number of furan rings is 1. The normalized spacial score (nSPS) is 15.3. The summed E-state index contributed by atoms with van der Waals surface area (Å²) in [5.74, 6) is 0. The van der Waals surface area contributed by atoms with Crippen LogP contribution in [-0.2, 0) is 5.41 Å². The quantitative estimate of drug-likeness (QED) is 0.183. The molecule has 0 atom stereocenters. The van der Waals surface area contributed by atoms with E-state index in [0.29, 0.717) is 43.8 Å². The Morgan fingerprint density at radius 1 is 0.630 bits per heavy atom. The van der Waals surface area contributed by atoms with Crippen LogP contribution in [0.3, 0.4) is 0 Å². The van der Waals surface area contributed by atoms with Crippen molar-refractivity contribution in [2.75, 3.05) is 0 Å². The molecular formula is C49H31N3OS. The molecule has 11 aromatic rings. The van der Waals surface area contributed by atoms with Crippen molar-refractivity contribution in [2.45, 2.75) is 19.3 Å². The van der Waals surface area contributed by atoms with E-state index in [-0.39, 0.29) is 57.1 Å². The minimum atomic E-state index is -0.402. The molecule has 0 saturated carbocycles. The van der Waals surface area contributed by atoms with Crippen LogP contribution in [0.15, 0.2) is 156 Å². The summed E-state index contributed by atoms with van der Waals surface area (Å²) in [5.41, 5.74) is 12.2. The van der Waals surface area contributed by atoms with E-state index in [1.54, 1.807) is 0 Å². The number of aromatic nitrogens is 3. The number of para-hydroxylation sites is 1. The number of benzene rings is 7. The fraction of sp³-hybridized carbons (Fsp3) is 0.0612. The third-order valence-electron chi connectivity index (χ3n) is 11.2. The summed E-state index contributed by atoms with van der Waals surface area (Å²) in [6.45, 7) is 4.60. The molecule has 12 rings (SSSR count). The molecule has 4 nitrogen and oxygen atoms in total. The van der Waals surface area contributed by atoms with Crippen molar-refractivity contribution in [3.63, 3.8) is 0 Å². The van der Waals surface area contributed by atoms with Crippen LogP contribution >= 0.6 is 11.3 Å². The van der Waals surface area contributed by atoms with Gasteiger partial charge in [0.15, 0.2) is 5.58 Å². The van der Waals surface area contributed by atoms with Crippen molar-refractivity contribution in [2.24, 2.45) is 0 Å². The standard InChI is InChI=1S/C49H31N3OS/c1-49(2)39-18-6-3-13-32(39)36-25-37-33-14-4-7-19-41(33)52(42(37)26-40(36)49)30-21-22-43-38(24-30)46-47(53-43)45(50-27-51-46)29-12-9-11-28(23-29)31-16-10-17-35-34-15-5-8-20-44(34)54-48(31)35/h3-27H,1-2H3/i5D,8D,10D,15D,16D,17D,20D. The molecule has 54 heavy (non-hydrogen) atoms. The second kappa shape index (κ2) is 10.8. The average Bonchev–Trinajstić information content (AvgIpc) is 4.01. The molecule has 0 N–H and O–H groups in total. The van der Waals surface area contributed by atoms with Gasteiger partial charge in [-0.05, 0) is 81.9 Å². The molecule has 4 heterocycles. The highest BCUT2D eigenvalue weighted by atomic mass is 32.1. The van der Waals surface area contributed by atoms with Gasteiger partial charge in [-0.25, -0.2) is 9.97 Å². The van der Waals surface area contributed by atoms with Gasteiger partial charge in [0, 0.05) is 53.0 Å². The first kappa shape index (κ1) is 23.9. The van der Waals surface area contributed by atoms with Crippen LogP contribution in [0.4, 0.5) is 0 Å². The molecule has 1 aliphatic carbocycles. The maximum absolute atomic E-state index is 9.05. The lowest BCUT2D eigenvalue weighted by Gasteiger charge is -2.21. The van der Waals surface area contributed by atoms with E-state index in [1.807, 2.05) is 30.3 Å². The minimum Gasteiger partial charge on any atom is -0.452 e. The van der Waals surface area contributed by atoms with E-state index >= 15 is 0 Å². The molecule has 0 spiro atoms. The Kier molecular flexibility index (Phi) is 4.76. The van der Waals surface area contributed by atoms with Gasteiger partial charge in [0.25, 0.3) is 0 Å². The average molecular weight is 717 g/mol. The fourth-order valence-corrected chi connectivity index (χ4v) is 9.79. The van der Waals surface area contributed by atoms with Crippen LogP contribution in [0.5, 0.6) is 0 Å². The summed E-state index contributed by atoms with van der Waals surface area (Å²) in [6, 6.07) is 33.6. The van der Waals surface area contributed by atoms with Crippen molar-refractivity contribution in [3.8, 4) is 39.2 Å². The third kappa shape index (κ3) is 4.02. The van der Waals surface area contributed by atoms with Crippen LogP contribution < -0.4 is 0 Å². The van der Waals surface area contributed by atoms with Gasteiger partial charge in [0.05, 0.1) is 20.6 Å². The predicted octanol–water partition coefficient (Wildman–Crippen LogP) is 13.5. The van der Waals surface area contributed by atoms with Crippen molar-refractivity contribution < 1.29 is 14.0 Å². The van der Waals surface area contributed by atoms with E-state index in [9.17, 15) is 0 Å². The molecule has 5 heteroatoms. The van der Waals surface area contributed by atoms with Crippen LogP contribution in [-0.4, -0.2) is 14.5 Å². The SMILES string of the molecule is [2H]c1c([2H])c([2H])c2c(sc3c(-c4cccc(-c5ncnc6c5oc5ccc(-n7c8ccccc8c8cc9c(cc87)C(C)(C)c7ccccc7-9)cc56)c4)c([2H])c([2H])c([2H])c32)c1[2H]. The number of fused-ring (bicyclic) bond motifs is 12.